The van der Waals surface area contributed by atoms with Crippen molar-refractivity contribution in [1.82, 2.24) is 9.21 Å². The van der Waals surface area contributed by atoms with Gasteiger partial charge in [-0.25, -0.2) is 12.7 Å². The van der Waals surface area contributed by atoms with Crippen molar-refractivity contribution in [3.05, 3.63) is 0 Å². The molecular weight excluding hydrogens is 348 g/mol. The Kier molecular flexibility index (Phi) is 8.81. The largest absolute Gasteiger partial charge is 0.481 e. The van der Waals surface area contributed by atoms with Gasteiger partial charge in [-0.2, -0.15) is 0 Å². The topological polar surface area (TPSA) is 104 Å². The lowest BCUT2D eigenvalue weighted by Crippen LogP contribution is -2.46. The number of rotatable bonds is 10. The fraction of sp³-hybridized carbons (Fsp3) is 0.875. The summed E-state index contributed by atoms with van der Waals surface area (Å²) in [5.41, 5.74) is 0. The third-order valence-corrected chi connectivity index (χ3v) is 5.72. The first-order valence-electron chi connectivity index (χ1n) is 8.71. The third kappa shape index (κ3) is 7.29. The van der Waals surface area contributed by atoms with Gasteiger partial charge in [0.1, 0.15) is 0 Å². The van der Waals surface area contributed by atoms with Crippen LogP contribution in [0.3, 0.4) is 0 Å². The number of piperidine rings is 1. The second-order valence-electron chi connectivity index (χ2n) is 6.51. The van der Waals surface area contributed by atoms with Gasteiger partial charge in [-0.05, 0) is 26.2 Å². The monoisotopic (exact) mass is 378 g/mol. The molecule has 8 nitrogen and oxygen atoms in total. The highest BCUT2D eigenvalue weighted by molar-refractivity contribution is 7.88. The number of carboxylic acid groups (broad SMARTS) is 1. The van der Waals surface area contributed by atoms with Crippen molar-refractivity contribution in [2.24, 2.45) is 11.8 Å². The second kappa shape index (κ2) is 10.1. The minimum absolute atomic E-state index is 0.0854. The Hall–Kier alpha value is -1.19. The molecule has 0 aliphatic carbocycles. The van der Waals surface area contributed by atoms with Crippen molar-refractivity contribution in [3.8, 4) is 0 Å². The molecule has 1 rings (SSSR count). The molecule has 0 spiro atoms. The molecular formula is C16H30N2O6S. The molecule has 1 aliphatic rings. The number of amides is 1. The van der Waals surface area contributed by atoms with E-state index in [1.165, 1.54) is 10.6 Å². The summed E-state index contributed by atoms with van der Waals surface area (Å²) in [6.07, 6.45) is 2.75. The maximum atomic E-state index is 12.8. The molecule has 0 aromatic heterocycles. The first-order valence-corrected chi connectivity index (χ1v) is 10.6. The molecule has 1 N–H and O–H groups in total. The Morgan fingerprint density at radius 2 is 1.92 bits per heavy atom. The molecule has 1 aliphatic heterocycles. The molecule has 1 amide bonds. The number of ether oxygens (including phenoxy) is 1. The van der Waals surface area contributed by atoms with Crippen molar-refractivity contribution in [2.45, 2.75) is 33.1 Å². The van der Waals surface area contributed by atoms with E-state index >= 15 is 0 Å². The Labute approximate surface area is 150 Å². The molecule has 1 atom stereocenters. The number of hydrogen-bond donors (Lipinski definition) is 1. The molecule has 0 aromatic rings. The highest BCUT2D eigenvalue weighted by Crippen LogP contribution is 2.22. The highest BCUT2D eigenvalue weighted by atomic mass is 32.2. The fourth-order valence-electron chi connectivity index (χ4n) is 2.89. The number of carbonyl (C=O) groups excluding carboxylic acids is 1. The zero-order chi connectivity index (χ0) is 19.0. The fourth-order valence-corrected chi connectivity index (χ4v) is 3.77. The van der Waals surface area contributed by atoms with Crippen LogP contribution >= 0.6 is 0 Å². The minimum Gasteiger partial charge on any atom is -0.481 e. The van der Waals surface area contributed by atoms with Gasteiger partial charge in [0.2, 0.25) is 15.9 Å². The van der Waals surface area contributed by atoms with Crippen LogP contribution in [0.5, 0.6) is 0 Å². The van der Waals surface area contributed by atoms with Gasteiger partial charge in [-0.3, -0.25) is 9.59 Å². The predicted octanol–water partition coefficient (Wildman–Crippen LogP) is 0.634. The maximum absolute atomic E-state index is 12.8. The van der Waals surface area contributed by atoms with Crippen LogP contribution < -0.4 is 0 Å². The molecule has 0 radical (unpaired) electrons. The number of nitrogens with zero attached hydrogens (tertiary/aromatic N) is 2. The Morgan fingerprint density at radius 3 is 2.40 bits per heavy atom. The number of sulfonamides is 1. The van der Waals surface area contributed by atoms with Crippen LogP contribution in [0.2, 0.25) is 0 Å². The van der Waals surface area contributed by atoms with Crippen LogP contribution in [0, 0.1) is 11.8 Å². The van der Waals surface area contributed by atoms with Gasteiger partial charge in [0.25, 0.3) is 0 Å². The zero-order valence-corrected chi connectivity index (χ0v) is 16.1. The third-order valence-electron chi connectivity index (χ3n) is 4.42. The summed E-state index contributed by atoms with van der Waals surface area (Å²) >= 11 is 0. The van der Waals surface area contributed by atoms with Crippen LogP contribution in [-0.2, 0) is 24.3 Å². The summed E-state index contributed by atoms with van der Waals surface area (Å²) in [5.74, 6) is -1.93. The van der Waals surface area contributed by atoms with Crippen molar-refractivity contribution >= 4 is 21.9 Å². The van der Waals surface area contributed by atoms with Gasteiger partial charge in [0.15, 0.2) is 0 Å². The van der Waals surface area contributed by atoms with E-state index in [0.29, 0.717) is 52.1 Å². The Morgan fingerprint density at radius 1 is 1.32 bits per heavy atom. The summed E-state index contributed by atoms with van der Waals surface area (Å²) in [6, 6.07) is 0. The van der Waals surface area contributed by atoms with Gasteiger partial charge in [-0.15, -0.1) is 0 Å². The van der Waals surface area contributed by atoms with E-state index in [2.05, 4.69) is 0 Å². The van der Waals surface area contributed by atoms with E-state index in [-0.39, 0.29) is 18.4 Å². The smallest absolute Gasteiger partial charge is 0.308 e. The first kappa shape index (κ1) is 21.9. The zero-order valence-electron chi connectivity index (χ0n) is 15.3. The minimum atomic E-state index is -3.23. The highest BCUT2D eigenvalue weighted by Gasteiger charge is 2.32. The predicted molar refractivity (Wildman–Crippen MR) is 93.6 cm³/mol. The van der Waals surface area contributed by atoms with E-state index in [1.807, 2.05) is 6.92 Å². The van der Waals surface area contributed by atoms with Crippen LogP contribution in [-0.4, -0.2) is 80.3 Å². The normalized spacial score (nSPS) is 18.0. The Balaban J connectivity index is 2.66. The van der Waals surface area contributed by atoms with Crippen molar-refractivity contribution < 1.29 is 27.9 Å². The summed E-state index contributed by atoms with van der Waals surface area (Å²) in [6.45, 7) is 5.86. The van der Waals surface area contributed by atoms with Gasteiger partial charge in [0.05, 0.1) is 12.2 Å². The average molecular weight is 378 g/mol. The van der Waals surface area contributed by atoms with Crippen LogP contribution in [0.1, 0.15) is 33.1 Å². The number of hydrogen-bond acceptors (Lipinski definition) is 5. The van der Waals surface area contributed by atoms with E-state index in [4.69, 9.17) is 9.84 Å². The van der Waals surface area contributed by atoms with Gasteiger partial charge < -0.3 is 14.7 Å². The van der Waals surface area contributed by atoms with E-state index in [9.17, 15) is 18.0 Å². The number of carboxylic acids is 1. The van der Waals surface area contributed by atoms with E-state index in [0.717, 1.165) is 0 Å². The first-order chi connectivity index (χ1) is 11.7. The second-order valence-corrected chi connectivity index (χ2v) is 8.49. The lowest BCUT2D eigenvalue weighted by molar-refractivity contribution is -0.144. The van der Waals surface area contributed by atoms with Crippen LogP contribution in [0.4, 0.5) is 0 Å². The summed E-state index contributed by atoms with van der Waals surface area (Å²) in [7, 11) is -3.23. The van der Waals surface area contributed by atoms with E-state index < -0.39 is 21.9 Å². The maximum Gasteiger partial charge on any atom is 0.308 e. The summed E-state index contributed by atoms with van der Waals surface area (Å²) in [4.78, 5) is 25.5. The van der Waals surface area contributed by atoms with Crippen molar-refractivity contribution in [3.63, 3.8) is 0 Å². The lowest BCUT2D eigenvalue weighted by atomic mass is 9.96. The van der Waals surface area contributed by atoms with Gasteiger partial charge >= 0.3 is 5.97 Å². The molecule has 1 saturated heterocycles. The SMILES string of the molecule is CCOCCCN(CC(C)C(=O)O)C(=O)C1CCN(S(C)(=O)=O)CC1. The summed E-state index contributed by atoms with van der Waals surface area (Å²) < 4.78 is 29.8. The molecule has 0 bridgehead atoms. The molecule has 1 heterocycles. The molecule has 0 saturated carbocycles. The van der Waals surface area contributed by atoms with Gasteiger partial charge in [-0.1, -0.05) is 6.92 Å². The molecule has 1 fully saturated rings. The number of aliphatic carboxylic acids is 1. The summed E-state index contributed by atoms with van der Waals surface area (Å²) in [5, 5.41) is 9.12. The van der Waals surface area contributed by atoms with Crippen LogP contribution in [0.15, 0.2) is 0 Å². The van der Waals surface area contributed by atoms with Gasteiger partial charge in [0, 0.05) is 45.3 Å². The molecule has 0 aromatic carbocycles. The molecule has 1 unspecified atom stereocenters. The lowest BCUT2D eigenvalue weighted by Gasteiger charge is -2.33. The number of carbonyl (C=O) groups is 2. The molecule has 25 heavy (non-hydrogen) atoms. The van der Waals surface area contributed by atoms with Crippen molar-refractivity contribution in [2.75, 3.05) is 45.6 Å². The molecule has 9 heteroatoms. The standard InChI is InChI=1S/C16H30N2O6S/c1-4-24-11-5-8-17(12-13(2)16(20)21)15(19)14-6-9-18(10-7-14)25(3,22)23/h13-14H,4-12H2,1-3H3,(H,20,21). The van der Waals surface area contributed by atoms with Crippen molar-refractivity contribution in [1.29, 1.82) is 0 Å². The Bertz CT molecular complexity index is 543. The quantitative estimate of drug-likeness (QED) is 0.559. The molecule has 146 valence electrons. The average Bonchev–Trinajstić information content (AvgIpc) is 2.56. The van der Waals surface area contributed by atoms with E-state index in [1.54, 1.807) is 11.8 Å². The van der Waals surface area contributed by atoms with Crippen LogP contribution in [0.25, 0.3) is 0 Å².